The lowest BCUT2D eigenvalue weighted by Crippen LogP contribution is -2.44. The summed E-state index contributed by atoms with van der Waals surface area (Å²) in [6.07, 6.45) is 19.6. The summed E-state index contributed by atoms with van der Waals surface area (Å²) >= 11 is 0. The number of carbonyl (C=O) groups excluding carboxylic acids is 1. The van der Waals surface area contributed by atoms with E-state index in [2.05, 4.69) is 30.9 Å². The van der Waals surface area contributed by atoms with Crippen LogP contribution in [0.3, 0.4) is 0 Å². The van der Waals surface area contributed by atoms with Crippen molar-refractivity contribution in [2.24, 2.45) is 16.7 Å². The molecule has 2 rings (SSSR count). The molecule has 192 valence electrons. The molecule has 0 aromatic heterocycles. The molecule has 2 atom stereocenters. The maximum absolute atomic E-state index is 11.9. The van der Waals surface area contributed by atoms with Crippen LogP contribution >= 0.6 is 0 Å². The van der Waals surface area contributed by atoms with E-state index >= 15 is 0 Å². The highest BCUT2D eigenvalue weighted by Gasteiger charge is 2.49. The normalized spacial score (nSPS) is 27.4. The molecule has 0 aromatic rings. The molecule has 2 aliphatic carbocycles. The first-order chi connectivity index (χ1) is 16.0. The van der Waals surface area contributed by atoms with Crippen molar-refractivity contribution in [3.05, 3.63) is 12.2 Å². The van der Waals surface area contributed by atoms with Crippen LogP contribution in [0.25, 0.3) is 0 Å². The monoisotopic (exact) mass is 465 g/mol. The Bertz CT molecular complexity index is 552. The van der Waals surface area contributed by atoms with Gasteiger partial charge in [-0.2, -0.15) is 0 Å². The highest BCUT2D eigenvalue weighted by atomic mass is 16.5. The summed E-state index contributed by atoms with van der Waals surface area (Å²) in [6.45, 7) is 8.39. The molecule has 0 aromatic carbocycles. The average molecular weight is 466 g/mol. The molecule has 2 N–H and O–H groups in total. The summed E-state index contributed by atoms with van der Waals surface area (Å²) in [5.74, 6) is 0.614. The Labute approximate surface area is 203 Å². The van der Waals surface area contributed by atoms with Crippen molar-refractivity contribution < 1.29 is 19.7 Å². The third-order valence-corrected chi connectivity index (χ3v) is 8.27. The summed E-state index contributed by atoms with van der Waals surface area (Å²) in [5.41, 5.74) is 0.793. The number of allylic oxidation sites excluding steroid dienone is 1. The largest absolute Gasteiger partial charge is 0.465 e. The summed E-state index contributed by atoms with van der Waals surface area (Å²) in [5, 5.41) is 18.9. The first kappa shape index (κ1) is 28.3. The maximum atomic E-state index is 11.9. The highest BCUT2D eigenvalue weighted by Crippen LogP contribution is 2.61. The van der Waals surface area contributed by atoms with E-state index in [0.29, 0.717) is 43.0 Å². The number of ether oxygens (including phenoxy) is 1. The zero-order valence-electron chi connectivity index (χ0n) is 21.5. The zero-order chi connectivity index (χ0) is 24.0. The lowest BCUT2D eigenvalue weighted by Gasteiger charge is -2.55. The molecule has 5 nitrogen and oxygen atoms in total. The van der Waals surface area contributed by atoms with Crippen LogP contribution < -0.4 is 0 Å². The smallest absolute Gasteiger partial charge is 0.305 e. The van der Waals surface area contributed by atoms with E-state index in [9.17, 15) is 15.0 Å². The Morgan fingerprint density at radius 3 is 2.21 bits per heavy atom. The zero-order valence-corrected chi connectivity index (χ0v) is 21.5. The van der Waals surface area contributed by atoms with Gasteiger partial charge in [0.1, 0.15) is 0 Å². The van der Waals surface area contributed by atoms with Crippen LogP contribution in [0.5, 0.6) is 0 Å². The molecule has 2 bridgehead atoms. The number of nitrogens with zero attached hydrogens (tertiary/aromatic N) is 1. The molecule has 2 unspecified atom stereocenters. The van der Waals surface area contributed by atoms with Crippen LogP contribution in [-0.2, 0) is 9.53 Å². The first-order valence-corrected chi connectivity index (χ1v) is 13.7. The van der Waals surface area contributed by atoms with E-state index in [1.165, 1.54) is 38.5 Å². The standard InChI is InChI=1S/C28H51NO4/c1-3-29(4-2)18-8-13-26(32)33-21-7-5-6-12-25-22-27(16-10-19-30)14-9-15-28(23-25,24-27)17-11-20-31/h5-6,25,30-31H,3-4,7-24H2,1-2H3/b6-5-. The predicted molar refractivity (Wildman–Crippen MR) is 135 cm³/mol. The second-order valence-corrected chi connectivity index (χ2v) is 10.8. The van der Waals surface area contributed by atoms with Gasteiger partial charge >= 0.3 is 5.97 Å². The number of rotatable bonds is 17. The van der Waals surface area contributed by atoms with Gasteiger partial charge in [-0.3, -0.25) is 4.79 Å². The van der Waals surface area contributed by atoms with E-state index in [4.69, 9.17) is 4.74 Å². The minimum atomic E-state index is -0.0766. The SMILES string of the molecule is CCN(CC)CCCC(=O)OCC/C=C\CC1CC2(CCCO)CCCC(CCCO)(C1)C2. The molecule has 0 saturated heterocycles. The Kier molecular flexibility index (Phi) is 13.0. The van der Waals surface area contributed by atoms with Gasteiger partial charge in [-0.25, -0.2) is 0 Å². The summed E-state index contributed by atoms with van der Waals surface area (Å²) in [6, 6.07) is 0. The van der Waals surface area contributed by atoms with Crippen molar-refractivity contribution in [3.8, 4) is 0 Å². The highest BCUT2D eigenvalue weighted by molar-refractivity contribution is 5.69. The second kappa shape index (κ2) is 15.2. The molecule has 33 heavy (non-hydrogen) atoms. The van der Waals surface area contributed by atoms with Crippen LogP contribution in [0.15, 0.2) is 12.2 Å². The Morgan fingerprint density at radius 2 is 1.64 bits per heavy atom. The van der Waals surface area contributed by atoms with Gasteiger partial charge in [-0.15, -0.1) is 0 Å². The fourth-order valence-electron chi connectivity index (χ4n) is 6.87. The number of fused-ring (bicyclic) bond motifs is 2. The molecule has 0 spiro atoms. The van der Waals surface area contributed by atoms with E-state index in [-0.39, 0.29) is 5.97 Å². The molecule has 0 radical (unpaired) electrons. The quantitative estimate of drug-likeness (QED) is 0.169. The lowest BCUT2D eigenvalue weighted by molar-refractivity contribution is -0.143. The minimum absolute atomic E-state index is 0.0766. The maximum Gasteiger partial charge on any atom is 0.305 e. The summed E-state index contributed by atoms with van der Waals surface area (Å²) < 4.78 is 5.41. The summed E-state index contributed by atoms with van der Waals surface area (Å²) in [4.78, 5) is 14.3. The van der Waals surface area contributed by atoms with Crippen LogP contribution in [-0.4, -0.2) is 60.5 Å². The molecule has 0 aliphatic heterocycles. The third kappa shape index (κ3) is 9.70. The molecule has 0 amide bonds. The Balaban J connectivity index is 1.74. The second-order valence-electron chi connectivity index (χ2n) is 10.8. The van der Waals surface area contributed by atoms with Crippen molar-refractivity contribution in [2.45, 2.75) is 104 Å². The number of aliphatic hydroxyl groups is 2. The number of esters is 1. The first-order valence-electron chi connectivity index (χ1n) is 13.7. The van der Waals surface area contributed by atoms with Gasteiger partial charge in [0.2, 0.25) is 0 Å². The number of hydrogen-bond acceptors (Lipinski definition) is 5. The number of hydrogen-bond donors (Lipinski definition) is 2. The molecular formula is C28H51NO4. The fraction of sp³-hybridized carbons (Fsp3) is 0.893. The van der Waals surface area contributed by atoms with Gasteiger partial charge < -0.3 is 19.8 Å². The van der Waals surface area contributed by atoms with Crippen molar-refractivity contribution in [2.75, 3.05) is 39.5 Å². The molecular weight excluding hydrogens is 414 g/mol. The van der Waals surface area contributed by atoms with E-state index in [1.54, 1.807) is 0 Å². The van der Waals surface area contributed by atoms with Gasteiger partial charge in [0.15, 0.2) is 0 Å². The van der Waals surface area contributed by atoms with E-state index < -0.39 is 0 Å². The lowest BCUT2D eigenvalue weighted by atomic mass is 9.50. The number of aliphatic hydroxyl groups excluding tert-OH is 2. The van der Waals surface area contributed by atoms with Gasteiger partial charge in [-0.05, 0) is 113 Å². The topological polar surface area (TPSA) is 70.0 Å². The minimum Gasteiger partial charge on any atom is -0.465 e. The van der Waals surface area contributed by atoms with E-state index in [0.717, 1.165) is 64.6 Å². The van der Waals surface area contributed by atoms with E-state index in [1.807, 2.05) is 0 Å². The molecule has 2 fully saturated rings. The van der Waals surface area contributed by atoms with Gasteiger partial charge in [0.25, 0.3) is 0 Å². The predicted octanol–water partition coefficient (Wildman–Crippen LogP) is 5.49. The van der Waals surface area contributed by atoms with Crippen molar-refractivity contribution >= 4 is 5.97 Å². The van der Waals surface area contributed by atoms with Crippen LogP contribution in [0.1, 0.15) is 104 Å². The molecule has 5 heteroatoms. The average Bonchev–Trinajstić information content (AvgIpc) is 2.81. The van der Waals surface area contributed by atoms with Crippen LogP contribution in [0, 0.1) is 16.7 Å². The van der Waals surface area contributed by atoms with Gasteiger partial charge in [-0.1, -0.05) is 32.4 Å². The summed E-state index contributed by atoms with van der Waals surface area (Å²) in [7, 11) is 0. The number of carbonyl (C=O) groups is 1. The van der Waals surface area contributed by atoms with Crippen LogP contribution in [0.2, 0.25) is 0 Å². The van der Waals surface area contributed by atoms with Crippen molar-refractivity contribution in [3.63, 3.8) is 0 Å². The van der Waals surface area contributed by atoms with Crippen molar-refractivity contribution in [1.29, 1.82) is 0 Å². The van der Waals surface area contributed by atoms with Gasteiger partial charge in [0, 0.05) is 19.6 Å². The third-order valence-electron chi connectivity index (χ3n) is 8.27. The molecule has 0 heterocycles. The fourth-order valence-corrected chi connectivity index (χ4v) is 6.87. The van der Waals surface area contributed by atoms with Gasteiger partial charge in [0.05, 0.1) is 6.61 Å². The Morgan fingerprint density at radius 1 is 1.00 bits per heavy atom. The van der Waals surface area contributed by atoms with Crippen molar-refractivity contribution in [1.82, 2.24) is 4.90 Å². The van der Waals surface area contributed by atoms with Crippen LogP contribution in [0.4, 0.5) is 0 Å². The molecule has 2 aliphatic rings. The Hall–Kier alpha value is -0.910. The molecule has 2 saturated carbocycles.